The first kappa shape index (κ1) is 16.9. The maximum atomic E-state index is 12.8. The Kier molecular flexibility index (Phi) is 4.38. The van der Waals surface area contributed by atoms with Gasteiger partial charge in [-0.25, -0.2) is 0 Å². The van der Waals surface area contributed by atoms with Gasteiger partial charge in [0.15, 0.2) is 11.5 Å². The molecule has 0 spiro atoms. The lowest BCUT2D eigenvalue weighted by Gasteiger charge is -2.20. The summed E-state index contributed by atoms with van der Waals surface area (Å²) < 4.78 is 5.70. The SMILES string of the molecule is O=C(c1cccc(O)c1)N1CCOc2c(O)cc(-c3cccnc3)cc2C1. The van der Waals surface area contributed by atoms with Gasteiger partial charge in [-0.1, -0.05) is 12.1 Å². The van der Waals surface area contributed by atoms with Gasteiger partial charge in [0, 0.05) is 35.6 Å². The summed E-state index contributed by atoms with van der Waals surface area (Å²) in [5, 5.41) is 20.1. The highest BCUT2D eigenvalue weighted by Gasteiger charge is 2.24. The first-order valence-electron chi connectivity index (χ1n) is 8.59. The quantitative estimate of drug-likeness (QED) is 0.732. The molecule has 1 aliphatic rings. The molecule has 2 N–H and O–H groups in total. The average Bonchev–Trinajstić information content (AvgIpc) is 2.91. The van der Waals surface area contributed by atoms with Crippen molar-refractivity contribution in [3.63, 3.8) is 0 Å². The summed E-state index contributed by atoms with van der Waals surface area (Å²) in [6.07, 6.45) is 3.40. The molecular weight excluding hydrogens is 344 g/mol. The number of phenols is 2. The predicted molar refractivity (Wildman–Crippen MR) is 99.7 cm³/mol. The molecule has 2 aromatic carbocycles. The molecule has 3 aromatic rings. The van der Waals surface area contributed by atoms with Crippen LogP contribution in [0.2, 0.25) is 0 Å². The van der Waals surface area contributed by atoms with Crippen LogP contribution in [0, 0.1) is 0 Å². The van der Waals surface area contributed by atoms with Gasteiger partial charge in [0.25, 0.3) is 5.91 Å². The molecule has 2 heterocycles. The van der Waals surface area contributed by atoms with Crippen molar-refractivity contribution in [1.82, 2.24) is 9.88 Å². The summed E-state index contributed by atoms with van der Waals surface area (Å²) >= 11 is 0. The Balaban J connectivity index is 1.69. The van der Waals surface area contributed by atoms with E-state index in [4.69, 9.17) is 4.74 Å². The smallest absolute Gasteiger partial charge is 0.254 e. The third-order valence-electron chi connectivity index (χ3n) is 4.49. The zero-order valence-corrected chi connectivity index (χ0v) is 14.5. The fourth-order valence-corrected chi connectivity index (χ4v) is 3.19. The molecular formula is C21H18N2O4. The number of carbonyl (C=O) groups excluding carboxylic acids is 1. The van der Waals surface area contributed by atoms with Crippen LogP contribution >= 0.6 is 0 Å². The van der Waals surface area contributed by atoms with Crippen LogP contribution in [0.3, 0.4) is 0 Å². The van der Waals surface area contributed by atoms with Gasteiger partial charge >= 0.3 is 0 Å². The van der Waals surface area contributed by atoms with Crippen LogP contribution in [0.25, 0.3) is 11.1 Å². The fourth-order valence-electron chi connectivity index (χ4n) is 3.19. The van der Waals surface area contributed by atoms with E-state index in [1.165, 1.54) is 12.1 Å². The van der Waals surface area contributed by atoms with Crippen molar-refractivity contribution >= 4 is 5.91 Å². The highest BCUT2D eigenvalue weighted by molar-refractivity contribution is 5.94. The average molecular weight is 362 g/mol. The maximum Gasteiger partial charge on any atom is 0.254 e. The Labute approximate surface area is 156 Å². The number of aromatic hydroxyl groups is 2. The molecule has 27 heavy (non-hydrogen) atoms. The maximum absolute atomic E-state index is 12.8. The first-order chi connectivity index (χ1) is 13.1. The lowest BCUT2D eigenvalue weighted by atomic mass is 10.0. The highest BCUT2D eigenvalue weighted by Crippen LogP contribution is 2.37. The summed E-state index contributed by atoms with van der Waals surface area (Å²) in [6, 6.07) is 13.5. The second-order valence-electron chi connectivity index (χ2n) is 6.35. The molecule has 0 unspecified atom stereocenters. The number of nitrogens with zero attached hydrogens (tertiary/aromatic N) is 2. The number of hydrogen-bond acceptors (Lipinski definition) is 5. The van der Waals surface area contributed by atoms with Gasteiger partial charge in [0.2, 0.25) is 0 Å². The Bertz CT molecular complexity index is 989. The van der Waals surface area contributed by atoms with Crippen LogP contribution in [0.15, 0.2) is 60.9 Å². The summed E-state index contributed by atoms with van der Waals surface area (Å²) in [4.78, 5) is 18.6. The number of fused-ring (bicyclic) bond motifs is 1. The minimum Gasteiger partial charge on any atom is -0.508 e. The summed E-state index contributed by atoms with van der Waals surface area (Å²) in [5.41, 5.74) is 2.80. The third-order valence-corrected chi connectivity index (χ3v) is 4.49. The minimum atomic E-state index is -0.200. The normalized spacial score (nSPS) is 13.4. The Hall–Kier alpha value is -3.54. The molecule has 136 valence electrons. The number of rotatable bonds is 2. The molecule has 0 fully saturated rings. The van der Waals surface area contributed by atoms with Crippen LogP contribution < -0.4 is 4.74 Å². The van der Waals surface area contributed by atoms with Crippen LogP contribution in [0.5, 0.6) is 17.2 Å². The molecule has 1 aromatic heterocycles. The van der Waals surface area contributed by atoms with Gasteiger partial charge in [-0.15, -0.1) is 0 Å². The van der Waals surface area contributed by atoms with E-state index in [1.54, 1.807) is 35.5 Å². The van der Waals surface area contributed by atoms with Crippen molar-refractivity contribution in [2.45, 2.75) is 6.54 Å². The van der Waals surface area contributed by atoms with Crippen molar-refractivity contribution in [2.24, 2.45) is 0 Å². The largest absolute Gasteiger partial charge is 0.508 e. The lowest BCUT2D eigenvalue weighted by Crippen LogP contribution is -2.32. The van der Waals surface area contributed by atoms with Crippen LogP contribution in [0.4, 0.5) is 0 Å². The molecule has 6 nitrogen and oxygen atoms in total. The van der Waals surface area contributed by atoms with Crippen molar-refractivity contribution in [1.29, 1.82) is 0 Å². The summed E-state index contributed by atoms with van der Waals surface area (Å²) in [7, 11) is 0. The standard InChI is InChI=1S/C21H18N2O4/c24-18-5-1-3-14(10-18)21(26)23-7-8-27-20-17(13-23)9-16(11-19(20)25)15-4-2-6-22-12-15/h1-6,9-12,24-25H,7-8,13H2. The molecule has 0 radical (unpaired) electrons. The molecule has 0 saturated heterocycles. The number of benzene rings is 2. The molecule has 0 atom stereocenters. The van der Waals surface area contributed by atoms with E-state index in [-0.39, 0.29) is 24.0 Å². The Morgan fingerprint density at radius 1 is 1.07 bits per heavy atom. The van der Waals surface area contributed by atoms with E-state index in [2.05, 4.69) is 4.98 Å². The number of aromatic nitrogens is 1. The van der Waals surface area contributed by atoms with Crippen molar-refractivity contribution < 1.29 is 19.7 Å². The van der Waals surface area contributed by atoms with Gasteiger partial charge in [-0.3, -0.25) is 9.78 Å². The zero-order chi connectivity index (χ0) is 18.8. The van der Waals surface area contributed by atoms with E-state index in [9.17, 15) is 15.0 Å². The van der Waals surface area contributed by atoms with Crippen molar-refractivity contribution in [3.05, 3.63) is 72.1 Å². The Morgan fingerprint density at radius 3 is 2.74 bits per heavy atom. The second kappa shape index (κ2) is 6.99. The van der Waals surface area contributed by atoms with Crippen molar-refractivity contribution in [3.8, 4) is 28.4 Å². The van der Waals surface area contributed by atoms with Gasteiger partial charge in [-0.05, 0) is 42.0 Å². The van der Waals surface area contributed by atoms with Crippen molar-refractivity contribution in [2.75, 3.05) is 13.2 Å². The molecule has 0 aliphatic carbocycles. The minimum absolute atomic E-state index is 0.0398. The number of phenolic OH excluding ortho intramolecular Hbond substituents is 2. The number of hydrogen-bond donors (Lipinski definition) is 2. The molecule has 0 bridgehead atoms. The van der Waals surface area contributed by atoms with E-state index in [0.717, 1.165) is 16.7 Å². The van der Waals surface area contributed by atoms with E-state index in [1.807, 2.05) is 18.2 Å². The first-order valence-corrected chi connectivity index (χ1v) is 8.59. The number of pyridine rings is 1. The predicted octanol–water partition coefficient (Wildman–Crippen LogP) is 3.19. The van der Waals surface area contributed by atoms with E-state index in [0.29, 0.717) is 24.4 Å². The molecule has 6 heteroatoms. The monoisotopic (exact) mass is 362 g/mol. The summed E-state index contributed by atoms with van der Waals surface area (Å²) in [6.45, 7) is 0.952. The number of amides is 1. The number of ether oxygens (including phenoxy) is 1. The summed E-state index contributed by atoms with van der Waals surface area (Å²) in [5.74, 6) is 0.282. The Morgan fingerprint density at radius 2 is 1.96 bits per heavy atom. The molecule has 1 aliphatic heterocycles. The molecule has 1 amide bonds. The third kappa shape index (κ3) is 3.42. The topological polar surface area (TPSA) is 82.9 Å². The van der Waals surface area contributed by atoms with Gasteiger partial charge in [0.1, 0.15) is 12.4 Å². The fraction of sp³-hybridized carbons (Fsp3) is 0.143. The van der Waals surface area contributed by atoms with Gasteiger partial charge in [-0.2, -0.15) is 0 Å². The van der Waals surface area contributed by atoms with Crippen LogP contribution in [0.1, 0.15) is 15.9 Å². The van der Waals surface area contributed by atoms with E-state index >= 15 is 0 Å². The molecule has 4 rings (SSSR count). The van der Waals surface area contributed by atoms with Gasteiger partial charge in [0.05, 0.1) is 6.54 Å². The zero-order valence-electron chi connectivity index (χ0n) is 14.5. The number of carbonyl (C=O) groups is 1. The highest BCUT2D eigenvalue weighted by atomic mass is 16.5. The van der Waals surface area contributed by atoms with Gasteiger partial charge < -0.3 is 19.8 Å². The van der Waals surface area contributed by atoms with Crippen LogP contribution in [-0.4, -0.2) is 39.2 Å². The lowest BCUT2D eigenvalue weighted by molar-refractivity contribution is 0.0732. The molecule has 0 saturated carbocycles. The second-order valence-corrected chi connectivity index (χ2v) is 6.35. The van der Waals surface area contributed by atoms with E-state index < -0.39 is 0 Å². The van der Waals surface area contributed by atoms with Crippen LogP contribution in [-0.2, 0) is 6.54 Å².